The van der Waals surface area contributed by atoms with Crippen LogP contribution in [0.1, 0.15) is 5.56 Å². The Bertz CT molecular complexity index is 593. The molecule has 1 aromatic carbocycles. The minimum atomic E-state index is -1.02. The Labute approximate surface area is 117 Å². The largest absolute Gasteiger partial charge is 0.454 e. The SMILES string of the molecule is CNCc1cnccc1Oc1cc(Br)cc(F)c1F. The first-order valence-corrected chi connectivity index (χ1v) is 6.31. The van der Waals surface area contributed by atoms with Gasteiger partial charge in [0, 0.05) is 29.0 Å². The normalized spacial score (nSPS) is 10.5. The second-order valence-electron chi connectivity index (χ2n) is 3.82. The van der Waals surface area contributed by atoms with E-state index in [-0.39, 0.29) is 5.75 Å². The zero-order valence-electron chi connectivity index (χ0n) is 10.1. The Morgan fingerprint density at radius 2 is 2.11 bits per heavy atom. The van der Waals surface area contributed by atoms with Crippen LogP contribution in [0.15, 0.2) is 35.1 Å². The molecule has 0 saturated heterocycles. The van der Waals surface area contributed by atoms with Crippen LogP contribution in [-0.4, -0.2) is 12.0 Å². The third-order valence-corrected chi connectivity index (χ3v) is 2.86. The quantitative estimate of drug-likeness (QED) is 0.870. The van der Waals surface area contributed by atoms with Gasteiger partial charge in [-0.2, -0.15) is 4.39 Å². The molecule has 1 heterocycles. The molecule has 0 bridgehead atoms. The van der Waals surface area contributed by atoms with E-state index < -0.39 is 11.6 Å². The lowest BCUT2D eigenvalue weighted by atomic mass is 10.2. The predicted octanol–water partition coefficient (Wildman–Crippen LogP) is 3.63. The zero-order chi connectivity index (χ0) is 13.8. The van der Waals surface area contributed by atoms with Crippen LogP contribution >= 0.6 is 15.9 Å². The average Bonchev–Trinajstić information content (AvgIpc) is 2.38. The van der Waals surface area contributed by atoms with Gasteiger partial charge >= 0.3 is 0 Å². The van der Waals surface area contributed by atoms with Crippen molar-refractivity contribution >= 4 is 15.9 Å². The smallest absolute Gasteiger partial charge is 0.201 e. The van der Waals surface area contributed by atoms with Gasteiger partial charge in [-0.3, -0.25) is 4.98 Å². The van der Waals surface area contributed by atoms with E-state index in [0.717, 1.165) is 11.6 Å². The highest BCUT2D eigenvalue weighted by Gasteiger charge is 2.13. The summed E-state index contributed by atoms with van der Waals surface area (Å²) in [4.78, 5) is 3.97. The highest BCUT2D eigenvalue weighted by Crippen LogP contribution is 2.30. The molecule has 2 aromatic rings. The molecule has 0 aliphatic rings. The van der Waals surface area contributed by atoms with Gasteiger partial charge in [-0.05, 0) is 25.2 Å². The number of aromatic nitrogens is 1. The fourth-order valence-corrected chi connectivity index (χ4v) is 1.97. The first kappa shape index (κ1) is 13.9. The maximum absolute atomic E-state index is 13.6. The summed E-state index contributed by atoms with van der Waals surface area (Å²) in [5.41, 5.74) is 0.754. The molecule has 1 N–H and O–H groups in total. The molecule has 0 spiro atoms. The van der Waals surface area contributed by atoms with Crippen LogP contribution in [0, 0.1) is 11.6 Å². The van der Waals surface area contributed by atoms with Crippen LogP contribution < -0.4 is 10.1 Å². The molecular weight excluding hydrogens is 318 g/mol. The first-order valence-electron chi connectivity index (χ1n) is 5.51. The van der Waals surface area contributed by atoms with Crippen LogP contribution in [0.2, 0.25) is 0 Å². The standard InChI is InChI=1S/C13H11BrF2N2O/c1-17-6-8-7-18-3-2-11(8)19-12-5-9(14)4-10(15)13(12)16/h2-5,7,17H,6H2,1H3. The van der Waals surface area contributed by atoms with Crippen molar-refractivity contribution in [3.05, 3.63) is 52.3 Å². The summed E-state index contributed by atoms with van der Waals surface area (Å²) >= 11 is 3.10. The number of benzene rings is 1. The fourth-order valence-electron chi connectivity index (χ4n) is 1.56. The average molecular weight is 329 g/mol. The Hall–Kier alpha value is -1.53. The van der Waals surface area contributed by atoms with Crippen molar-refractivity contribution in [3.63, 3.8) is 0 Å². The summed E-state index contributed by atoms with van der Waals surface area (Å²) < 4.78 is 32.8. The second kappa shape index (κ2) is 6.08. The summed E-state index contributed by atoms with van der Waals surface area (Å²) in [5, 5.41) is 2.95. The molecular formula is C13H11BrF2N2O. The zero-order valence-corrected chi connectivity index (χ0v) is 11.7. The number of hydrogen-bond donors (Lipinski definition) is 1. The Morgan fingerprint density at radius 1 is 1.32 bits per heavy atom. The van der Waals surface area contributed by atoms with Gasteiger partial charge in [0.05, 0.1) is 0 Å². The number of ether oxygens (including phenoxy) is 1. The summed E-state index contributed by atoms with van der Waals surface area (Å²) in [6.07, 6.45) is 3.14. The maximum Gasteiger partial charge on any atom is 0.201 e. The molecule has 19 heavy (non-hydrogen) atoms. The molecule has 1 aromatic heterocycles. The third-order valence-electron chi connectivity index (χ3n) is 2.41. The summed E-state index contributed by atoms with van der Waals surface area (Å²) in [5.74, 6) is -1.72. The summed E-state index contributed by atoms with van der Waals surface area (Å²) in [6.45, 7) is 0.515. The molecule has 0 atom stereocenters. The molecule has 6 heteroatoms. The number of nitrogens with zero attached hydrogens (tertiary/aromatic N) is 1. The van der Waals surface area contributed by atoms with Crippen LogP contribution in [0.25, 0.3) is 0 Å². The molecule has 0 fully saturated rings. The molecule has 0 saturated carbocycles. The minimum Gasteiger partial charge on any atom is -0.454 e. The van der Waals surface area contributed by atoms with Crippen molar-refractivity contribution in [2.24, 2.45) is 0 Å². The van der Waals surface area contributed by atoms with Gasteiger partial charge < -0.3 is 10.1 Å². The molecule has 100 valence electrons. The van der Waals surface area contributed by atoms with Gasteiger partial charge in [-0.1, -0.05) is 15.9 Å². The first-order chi connectivity index (χ1) is 9.11. The monoisotopic (exact) mass is 328 g/mol. The highest BCUT2D eigenvalue weighted by atomic mass is 79.9. The number of hydrogen-bond acceptors (Lipinski definition) is 3. The molecule has 0 amide bonds. The number of rotatable bonds is 4. The van der Waals surface area contributed by atoms with E-state index in [0.29, 0.717) is 16.8 Å². The van der Waals surface area contributed by atoms with E-state index in [2.05, 4.69) is 26.2 Å². The number of halogens is 3. The fraction of sp³-hybridized carbons (Fsp3) is 0.154. The van der Waals surface area contributed by atoms with E-state index in [9.17, 15) is 8.78 Å². The van der Waals surface area contributed by atoms with E-state index >= 15 is 0 Å². The predicted molar refractivity (Wildman–Crippen MR) is 71.1 cm³/mol. The van der Waals surface area contributed by atoms with Crippen molar-refractivity contribution in [2.75, 3.05) is 7.05 Å². The van der Waals surface area contributed by atoms with E-state index in [1.165, 1.54) is 12.3 Å². The molecule has 0 aliphatic carbocycles. The van der Waals surface area contributed by atoms with Crippen molar-refractivity contribution < 1.29 is 13.5 Å². The van der Waals surface area contributed by atoms with E-state index in [1.807, 2.05) is 0 Å². The Balaban J connectivity index is 2.36. The van der Waals surface area contributed by atoms with Gasteiger partial charge in [0.15, 0.2) is 11.6 Å². The molecule has 0 radical (unpaired) electrons. The van der Waals surface area contributed by atoms with Crippen molar-refractivity contribution in [2.45, 2.75) is 6.54 Å². The van der Waals surface area contributed by atoms with Gasteiger partial charge in [0.2, 0.25) is 5.82 Å². The van der Waals surface area contributed by atoms with E-state index in [1.54, 1.807) is 19.3 Å². The Morgan fingerprint density at radius 3 is 2.84 bits per heavy atom. The van der Waals surface area contributed by atoms with Gasteiger partial charge in [0.1, 0.15) is 5.75 Å². The number of pyridine rings is 1. The summed E-state index contributed by atoms with van der Waals surface area (Å²) in [6, 6.07) is 4.02. The van der Waals surface area contributed by atoms with E-state index in [4.69, 9.17) is 4.74 Å². The topological polar surface area (TPSA) is 34.2 Å². The van der Waals surface area contributed by atoms with Gasteiger partial charge in [-0.25, -0.2) is 4.39 Å². The van der Waals surface area contributed by atoms with Crippen molar-refractivity contribution in [1.29, 1.82) is 0 Å². The third kappa shape index (κ3) is 3.27. The van der Waals surface area contributed by atoms with Crippen LogP contribution in [0.4, 0.5) is 8.78 Å². The lowest BCUT2D eigenvalue weighted by molar-refractivity contribution is 0.411. The molecule has 3 nitrogen and oxygen atoms in total. The summed E-state index contributed by atoms with van der Waals surface area (Å²) in [7, 11) is 1.77. The molecule has 2 rings (SSSR count). The van der Waals surface area contributed by atoms with Gasteiger partial charge in [-0.15, -0.1) is 0 Å². The second-order valence-corrected chi connectivity index (χ2v) is 4.73. The van der Waals surface area contributed by atoms with Crippen LogP contribution in [-0.2, 0) is 6.54 Å². The van der Waals surface area contributed by atoms with Gasteiger partial charge in [0.25, 0.3) is 0 Å². The lowest BCUT2D eigenvalue weighted by Gasteiger charge is -2.11. The van der Waals surface area contributed by atoms with Crippen LogP contribution in [0.3, 0.4) is 0 Å². The molecule has 0 aliphatic heterocycles. The van der Waals surface area contributed by atoms with Crippen molar-refractivity contribution in [3.8, 4) is 11.5 Å². The van der Waals surface area contributed by atoms with Crippen molar-refractivity contribution in [1.82, 2.24) is 10.3 Å². The maximum atomic E-state index is 13.6. The molecule has 0 unspecified atom stereocenters. The Kier molecular flexibility index (Phi) is 4.44. The highest BCUT2D eigenvalue weighted by molar-refractivity contribution is 9.10. The van der Waals surface area contributed by atoms with Crippen LogP contribution in [0.5, 0.6) is 11.5 Å². The number of nitrogens with one attached hydrogen (secondary N) is 1. The lowest BCUT2D eigenvalue weighted by Crippen LogP contribution is -2.07. The minimum absolute atomic E-state index is 0.171.